The van der Waals surface area contributed by atoms with Gasteiger partial charge in [0.05, 0.1) is 11.3 Å². The number of alkyl carbamates (subject to hydrolysis) is 1. The second-order valence-corrected chi connectivity index (χ2v) is 10.1. The van der Waals surface area contributed by atoms with Gasteiger partial charge in [-0.3, -0.25) is 4.99 Å². The minimum Gasteiger partial charge on any atom is -0.444 e. The van der Waals surface area contributed by atoms with Crippen LogP contribution < -0.4 is 16.0 Å². The standard InChI is InChI=1S/C18H37N5O4S.HI/c1-7-18(8-2,22-16(24)27-17(3,4)5)14-21-15(19-6)20-10-12-23-11-9-13-28(23,25)26;/h7-14H2,1-6H3,(H,22,24)(H2,19,20,21);1H. The van der Waals surface area contributed by atoms with Crippen LogP contribution in [-0.2, 0) is 14.8 Å². The lowest BCUT2D eigenvalue weighted by atomic mass is 9.93. The van der Waals surface area contributed by atoms with Gasteiger partial charge in [0.2, 0.25) is 10.0 Å². The zero-order chi connectivity index (χ0) is 21.4. The average Bonchev–Trinajstić information content (AvgIpc) is 2.93. The summed E-state index contributed by atoms with van der Waals surface area (Å²) in [5, 5.41) is 9.35. The van der Waals surface area contributed by atoms with E-state index in [1.54, 1.807) is 7.05 Å². The maximum absolute atomic E-state index is 12.2. The lowest BCUT2D eigenvalue weighted by Crippen LogP contribution is -2.57. The van der Waals surface area contributed by atoms with Crippen molar-refractivity contribution in [2.24, 2.45) is 4.99 Å². The van der Waals surface area contributed by atoms with Crippen LogP contribution in [0.5, 0.6) is 0 Å². The number of aliphatic imine (C=N–C) groups is 1. The Morgan fingerprint density at radius 2 is 1.79 bits per heavy atom. The van der Waals surface area contributed by atoms with Crippen LogP contribution in [0.3, 0.4) is 0 Å². The first-order valence-electron chi connectivity index (χ1n) is 9.90. The van der Waals surface area contributed by atoms with Gasteiger partial charge in [0, 0.05) is 33.2 Å². The molecule has 1 rings (SSSR count). The Kier molecular flexibility index (Phi) is 11.8. The number of carbonyl (C=O) groups excluding carboxylic acids is 1. The fourth-order valence-electron chi connectivity index (χ4n) is 2.96. The minimum atomic E-state index is -3.09. The predicted octanol–water partition coefficient (Wildman–Crippen LogP) is 1.89. The maximum atomic E-state index is 12.2. The van der Waals surface area contributed by atoms with Crippen molar-refractivity contribution in [2.75, 3.05) is 39.0 Å². The Morgan fingerprint density at radius 3 is 2.24 bits per heavy atom. The number of carbonyl (C=O) groups is 1. The molecule has 0 bridgehead atoms. The molecule has 0 unspecified atom stereocenters. The second-order valence-electron chi connectivity index (χ2n) is 8.04. The van der Waals surface area contributed by atoms with E-state index in [1.807, 2.05) is 34.6 Å². The van der Waals surface area contributed by atoms with Crippen molar-refractivity contribution >= 4 is 46.1 Å². The Morgan fingerprint density at radius 1 is 1.17 bits per heavy atom. The number of sulfonamides is 1. The molecule has 1 fully saturated rings. The first-order chi connectivity index (χ1) is 13.0. The fraction of sp³-hybridized carbons (Fsp3) is 0.889. The van der Waals surface area contributed by atoms with Gasteiger partial charge in [-0.2, -0.15) is 0 Å². The largest absolute Gasteiger partial charge is 0.444 e. The van der Waals surface area contributed by atoms with Crippen LogP contribution in [0.25, 0.3) is 0 Å². The molecule has 0 saturated carbocycles. The molecule has 1 heterocycles. The average molecular weight is 548 g/mol. The van der Waals surface area contributed by atoms with E-state index in [-0.39, 0.29) is 29.7 Å². The Bertz CT molecular complexity index is 645. The van der Waals surface area contributed by atoms with Crippen LogP contribution in [0.4, 0.5) is 4.79 Å². The van der Waals surface area contributed by atoms with Gasteiger partial charge in [0.25, 0.3) is 0 Å². The number of guanidine groups is 1. The van der Waals surface area contributed by atoms with Crippen molar-refractivity contribution < 1.29 is 17.9 Å². The normalized spacial score (nSPS) is 17.4. The van der Waals surface area contributed by atoms with E-state index in [2.05, 4.69) is 20.9 Å². The molecule has 0 aromatic carbocycles. The van der Waals surface area contributed by atoms with Crippen molar-refractivity contribution in [2.45, 2.75) is 65.0 Å². The second kappa shape index (κ2) is 12.1. The zero-order valence-corrected chi connectivity index (χ0v) is 21.6. The topological polar surface area (TPSA) is 112 Å². The third-order valence-corrected chi connectivity index (χ3v) is 6.75. The number of hydrogen-bond donors (Lipinski definition) is 3. The van der Waals surface area contributed by atoms with E-state index < -0.39 is 27.3 Å². The van der Waals surface area contributed by atoms with E-state index in [4.69, 9.17) is 4.74 Å². The summed E-state index contributed by atoms with van der Waals surface area (Å²) >= 11 is 0. The van der Waals surface area contributed by atoms with Crippen LogP contribution in [0.1, 0.15) is 53.9 Å². The van der Waals surface area contributed by atoms with Crippen LogP contribution in [-0.4, -0.2) is 74.9 Å². The first kappa shape index (κ1) is 28.2. The van der Waals surface area contributed by atoms with Gasteiger partial charge in [-0.05, 0) is 40.0 Å². The van der Waals surface area contributed by atoms with Gasteiger partial charge >= 0.3 is 6.09 Å². The van der Waals surface area contributed by atoms with E-state index in [1.165, 1.54) is 4.31 Å². The lowest BCUT2D eigenvalue weighted by Gasteiger charge is -2.34. The highest BCUT2D eigenvalue weighted by molar-refractivity contribution is 14.0. The van der Waals surface area contributed by atoms with Crippen LogP contribution in [0, 0.1) is 0 Å². The fourth-order valence-corrected chi connectivity index (χ4v) is 4.48. The Hall–Kier alpha value is -0.820. The zero-order valence-electron chi connectivity index (χ0n) is 18.5. The van der Waals surface area contributed by atoms with Crippen LogP contribution in [0.2, 0.25) is 0 Å². The predicted molar refractivity (Wildman–Crippen MR) is 127 cm³/mol. The van der Waals surface area contributed by atoms with Gasteiger partial charge in [-0.15, -0.1) is 24.0 Å². The molecule has 0 spiro atoms. The highest BCUT2D eigenvalue weighted by Gasteiger charge is 2.31. The molecule has 0 aliphatic carbocycles. The number of amides is 1. The Balaban J connectivity index is 0.00000784. The van der Waals surface area contributed by atoms with Crippen molar-refractivity contribution in [1.82, 2.24) is 20.3 Å². The lowest BCUT2D eigenvalue weighted by molar-refractivity contribution is 0.0448. The summed E-state index contributed by atoms with van der Waals surface area (Å²) in [5.74, 6) is 0.792. The molecule has 0 radical (unpaired) electrons. The molecule has 0 aromatic rings. The smallest absolute Gasteiger partial charge is 0.408 e. The molecule has 0 atom stereocenters. The van der Waals surface area contributed by atoms with Crippen molar-refractivity contribution in [3.8, 4) is 0 Å². The van der Waals surface area contributed by atoms with Gasteiger partial charge in [0.15, 0.2) is 5.96 Å². The molecule has 0 aromatic heterocycles. The van der Waals surface area contributed by atoms with Gasteiger partial charge < -0.3 is 20.7 Å². The van der Waals surface area contributed by atoms with Gasteiger partial charge in [0.1, 0.15) is 5.60 Å². The number of nitrogens with one attached hydrogen (secondary N) is 3. The molecule has 9 nitrogen and oxygen atoms in total. The molecule has 11 heteroatoms. The molecule has 172 valence electrons. The minimum absolute atomic E-state index is 0. The number of nitrogens with zero attached hydrogens (tertiary/aromatic N) is 2. The molecule has 1 aliphatic rings. The first-order valence-corrected chi connectivity index (χ1v) is 11.5. The highest BCUT2D eigenvalue weighted by atomic mass is 127. The summed E-state index contributed by atoms with van der Waals surface area (Å²) in [6.07, 6.45) is 1.68. The quantitative estimate of drug-likeness (QED) is 0.243. The van der Waals surface area contributed by atoms with Crippen LogP contribution in [0.15, 0.2) is 4.99 Å². The van der Waals surface area contributed by atoms with E-state index in [0.29, 0.717) is 38.6 Å². The summed E-state index contributed by atoms with van der Waals surface area (Å²) in [6.45, 7) is 11.4. The van der Waals surface area contributed by atoms with Crippen LogP contribution >= 0.6 is 24.0 Å². The monoisotopic (exact) mass is 547 g/mol. The molecule has 1 aliphatic heterocycles. The summed E-state index contributed by atoms with van der Waals surface area (Å²) < 4.78 is 30.6. The van der Waals surface area contributed by atoms with E-state index in [0.717, 1.165) is 12.8 Å². The third-order valence-electron chi connectivity index (χ3n) is 4.79. The Labute approximate surface area is 192 Å². The summed E-state index contributed by atoms with van der Waals surface area (Å²) in [4.78, 5) is 16.4. The summed E-state index contributed by atoms with van der Waals surface area (Å²) in [7, 11) is -1.44. The summed E-state index contributed by atoms with van der Waals surface area (Å²) in [5.41, 5.74) is -1.03. The molecular formula is C18H38IN5O4S. The van der Waals surface area contributed by atoms with Crippen molar-refractivity contribution in [3.63, 3.8) is 0 Å². The van der Waals surface area contributed by atoms with E-state index >= 15 is 0 Å². The number of rotatable bonds is 8. The molecule has 29 heavy (non-hydrogen) atoms. The number of ether oxygens (including phenoxy) is 1. The van der Waals surface area contributed by atoms with E-state index in [9.17, 15) is 13.2 Å². The third kappa shape index (κ3) is 9.69. The highest BCUT2D eigenvalue weighted by Crippen LogP contribution is 2.16. The molecule has 1 amide bonds. The molecule has 1 saturated heterocycles. The number of hydrogen-bond acceptors (Lipinski definition) is 5. The maximum Gasteiger partial charge on any atom is 0.408 e. The van der Waals surface area contributed by atoms with Crippen molar-refractivity contribution in [1.29, 1.82) is 0 Å². The van der Waals surface area contributed by atoms with Crippen molar-refractivity contribution in [3.05, 3.63) is 0 Å². The van der Waals surface area contributed by atoms with Gasteiger partial charge in [-0.1, -0.05) is 13.8 Å². The molecule has 3 N–H and O–H groups in total. The molecular weight excluding hydrogens is 509 g/mol. The SMILES string of the molecule is CCC(CC)(CNC(=NC)NCCN1CCCS1(=O)=O)NC(=O)OC(C)(C)C.I. The number of halogens is 1. The van der Waals surface area contributed by atoms with Gasteiger partial charge in [-0.25, -0.2) is 17.5 Å². The summed E-state index contributed by atoms with van der Waals surface area (Å²) in [6, 6.07) is 0.